The van der Waals surface area contributed by atoms with Gasteiger partial charge in [0.15, 0.2) is 0 Å². The second kappa shape index (κ2) is 5.99. The Bertz CT molecular complexity index is 426. The molecule has 5 heteroatoms. The molecule has 0 fully saturated rings. The highest BCUT2D eigenvalue weighted by Gasteiger charge is 2.01. The van der Waals surface area contributed by atoms with Crippen LogP contribution in [0.5, 0.6) is 0 Å². The number of nitriles is 1. The summed E-state index contributed by atoms with van der Waals surface area (Å²) in [5.74, 6) is -0.0963. The molecule has 0 unspecified atom stereocenters. The Hall–Kier alpha value is -1.73. The molecule has 1 rings (SSSR count). The lowest BCUT2D eigenvalue weighted by Gasteiger charge is -2.07. The highest BCUT2D eigenvalue weighted by atomic mass is 35.5. The van der Waals surface area contributed by atoms with Crippen LogP contribution < -0.4 is 10.6 Å². The van der Waals surface area contributed by atoms with Gasteiger partial charge in [-0.1, -0.05) is 11.6 Å². The molecule has 0 heterocycles. The molecule has 0 aliphatic carbocycles. The van der Waals surface area contributed by atoms with Gasteiger partial charge in [-0.05, 0) is 25.1 Å². The zero-order chi connectivity index (χ0) is 12.0. The van der Waals surface area contributed by atoms with Crippen molar-refractivity contribution in [3.63, 3.8) is 0 Å². The third-order valence-corrected chi connectivity index (χ3v) is 2.07. The monoisotopic (exact) mass is 237 g/mol. The maximum Gasteiger partial charge on any atom is 0.239 e. The molecule has 2 N–H and O–H groups in total. The Balaban J connectivity index is 2.64. The lowest BCUT2D eigenvalue weighted by atomic mass is 10.2. The zero-order valence-electron chi connectivity index (χ0n) is 8.88. The number of nitrogens with zero attached hydrogens (tertiary/aromatic N) is 1. The van der Waals surface area contributed by atoms with E-state index in [0.717, 1.165) is 0 Å². The lowest BCUT2D eigenvalue weighted by Crippen LogP contribution is -2.29. The standard InChI is InChI=1S/C11H12ClN3O/c1-2-14-11(16)7-15-10-4-8(6-13)3-9(12)5-10/h3-5,15H,2,7H2,1H3,(H,14,16). The van der Waals surface area contributed by atoms with Gasteiger partial charge in [-0.2, -0.15) is 5.26 Å². The Morgan fingerprint density at radius 3 is 2.88 bits per heavy atom. The first-order chi connectivity index (χ1) is 7.65. The number of hydrogen-bond donors (Lipinski definition) is 2. The Morgan fingerprint density at radius 1 is 1.50 bits per heavy atom. The summed E-state index contributed by atoms with van der Waals surface area (Å²) in [4.78, 5) is 11.2. The van der Waals surface area contributed by atoms with Crippen LogP contribution >= 0.6 is 11.6 Å². The van der Waals surface area contributed by atoms with Gasteiger partial charge in [0.05, 0.1) is 18.2 Å². The largest absolute Gasteiger partial charge is 0.376 e. The zero-order valence-corrected chi connectivity index (χ0v) is 9.64. The molecular formula is C11H12ClN3O. The molecule has 1 aromatic carbocycles. The van der Waals surface area contributed by atoms with Gasteiger partial charge >= 0.3 is 0 Å². The van der Waals surface area contributed by atoms with Crippen molar-refractivity contribution < 1.29 is 4.79 Å². The van der Waals surface area contributed by atoms with Crippen LogP contribution in [-0.4, -0.2) is 19.0 Å². The van der Waals surface area contributed by atoms with Crippen LogP contribution in [0.4, 0.5) is 5.69 Å². The molecule has 84 valence electrons. The predicted octanol–water partition coefficient (Wildman–Crippen LogP) is 1.76. The van der Waals surface area contributed by atoms with E-state index in [2.05, 4.69) is 10.6 Å². The number of anilines is 1. The van der Waals surface area contributed by atoms with E-state index in [1.54, 1.807) is 18.2 Å². The van der Waals surface area contributed by atoms with E-state index in [9.17, 15) is 4.79 Å². The molecular weight excluding hydrogens is 226 g/mol. The molecule has 0 aromatic heterocycles. The van der Waals surface area contributed by atoms with Gasteiger partial charge in [-0.25, -0.2) is 0 Å². The van der Waals surface area contributed by atoms with Crippen LogP contribution in [0.2, 0.25) is 5.02 Å². The normalized spacial score (nSPS) is 9.31. The average molecular weight is 238 g/mol. The van der Waals surface area contributed by atoms with Crippen LogP contribution in [0.1, 0.15) is 12.5 Å². The van der Waals surface area contributed by atoms with Crippen LogP contribution in [0, 0.1) is 11.3 Å². The van der Waals surface area contributed by atoms with E-state index in [1.807, 2.05) is 13.0 Å². The Labute approximate surface area is 99.2 Å². The van der Waals surface area contributed by atoms with E-state index >= 15 is 0 Å². The number of halogens is 1. The summed E-state index contributed by atoms with van der Waals surface area (Å²) in [7, 11) is 0. The van der Waals surface area contributed by atoms with Crippen molar-refractivity contribution in [1.29, 1.82) is 5.26 Å². The SMILES string of the molecule is CCNC(=O)CNc1cc(Cl)cc(C#N)c1. The number of amides is 1. The van der Waals surface area contributed by atoms with Gasteiger partial charge in [0, 0.05) is 17.3 Å². The van der Waals surface area contributed by atoms with Gasteiger partial charge in [-0.3, -0.25) is 4.79 Å². The number of benzene rings is 1. The lowest BCUT2D eigenvalue weighted by molar-refractivity contribution is -0.119. The van der Waals surface area contributed by atoms with E-state index in [1.165, 1.54) is 0 Å². The highest BCUT2D eigenvalue weighted by molar-refractivity contribution is 6.31. The molecule has 1 amide bonds. The molecule has 0 radical (unpaired) electrons. The summed E-state index contributed by atoms with van der Waals surface area (Å²) in [5, 5.41) is 14.8. The molecule has 1 aromatic rings. The molecule has 0 bridgehead atoms. The number of carbonyl (C=O) groups is 1. The number of rotatable bonds is 4. The fourth-order valence-corrected chi connectivity index (χ4v) is 1.43. The number of carbonyl (C=O) groups excluding carboxylic acids is 1. The first-order valence-corrected chi connectivity index (χ1v) is 5.24. The van der Waals surface area contributed by atoms with Gasteiger partial charge in [-0.15, -0.1) is 0 Å². The first-order valence-electron chi connectivity index (χ1n) is 4.87. The Kier molecular flexibility index (Phi) is 4.62. The topological polar surface area (TPSA) is 64.9 Å². The predicted molar refractivity (Wildman–Crippen MR) is 63.3 cm³/mol. The minimum absolute atomic E-state index is 0.0963. The maximum absolute atomic E-state index is 11.2. The van der Waals surface area contributed by atoms with E-state index in [-0.39, 0.29) is 12.5 Å². The van der Waals surface area contributed by atoms with Gasteiger partial charge < -0.3 is 10.6 Å². The quantitative estimate of drug-likeness (QED) is 0.839. The molecule has 0 aliphatic heterocycles. The fourth-order valence-electron chi connectivity index (χ4n) is 1.20. The smallest absolute Gasteiger partial charge is 0.239 e. The second-order valence-corrected chi connectivity index (χ2v) is 3.58. The first kappa shape index (κ1) is 12.3. The number of nitrogens with one attached hydrogen (secondary N) is 2. The summed E-state index contributed by atoms with van der Waals surface area (Å²) in [6.45, 7) is 2.61. The van der Waals surface area contributed by atoms with Crippen molar-refractivity contribution >= 4 is 23.2 Å². The molecule has 0 saturated carbocycles. The average Bonchev–Trinajstić information content (AvgIpc) is 2.26. The van der Waals surface area contributed by atoms with Crippen molar-refractivity contribution in [2.75, 3.05) is 18.4 Å². The third-order valence-electron chi connectivity index (χ3n) is 1.85. The summed E-state index contributed by atoms with van der Waals surface area (Å²) < 4.78 is 0. The van der Waals surface area contributed by atoms with Crippen molar-refractivity contribution in [3.05, 3.63) is 28.8 Å². The van der Waals surface area contributed by atoms with E-state index < -0.39 is 0 Å². The molecule has 0 spiro atoms. The van der Waals surface area contributed by atoms with Crippen LogP contribution in [-0.2, 0) is 4.79 Å². The minimum atomic E-state index is -0.0963. The summed E-state index contributed by atoms with van der Waals surface area (Å²) in [6, 6.07) is 6.88. The second-order valence-electron chi connectivity index (χ2n) is 3.15. The van der Waals surface area contributed by atoms with E-state index in [4.69, 9.17) is 16.9 Å². The van der Waals surface area contributed by atoms with Crippen molar-refractivity contribution in [2.45, 2.75) is 6.92 Å². The summed E-state index contributed by atoms with van der Waals surface area (Å²) >= 11 is 5.81. The molecule has 0 saturated heterocycles. The summed E-state index contributed by atoms with van der Waals surface area (Å²) in [6.07, 6.45) is 0. The molecule has 4 nitrogen and oxygen atoms in total. The van der Waals surface area contributed by atoms with Crippen LogP contribution in [0.3, 0.4) is 0 Å². The van der Waals surface area contributed by atoms with Crippen molar-refractivity contribution in [1.82, 2.24) is 5.32 Å². The van der Waals surface area contributed by atoms with Crippen LogP contribution in [0.25, 0.3) is 0 Å². The van der Waals surface area contributed by atoms with Crippen molar-refractivity contribution in [3.8, 4) is 6.07 Å². The maximum atomic E-state index is 11.2. The van der Waals surface area contributed by atoms with Gasteiger partial charge in [0.1, 0.15) is 0 Å². The Morgan fingerprint density at radius 2 is 2.25 bits per heavy atom. The van der Waals surface area contributed by atoms with Crippen molar-refractivity contribution in [2.24, 2.45) is 0 Å². The molecule has 0 atom stereocenters. The van der Waals surface area contributed by atoms with E-state index in [0.29, 0.717) is 22.8 Å². The number of likely N-dealkylation sites (N-methyl/N-ethyl adjacent to an activating group) is 1. The number of hydrogen-bond acceptors (Lipinski definition) is 3. The molecule has 0 aliphatic rings. The summed E-state index contributed by atoms with van der Waals surface area (Å²) in [5.41, 5.74) is 1.13. The molecule has 16 heavy (non-hydrogen) atoms. The fraction of sp³-hybridized carbons (Fsp3) is 0.273. The van der Waals surface area contributed by atoms with Gasteiger partial charge in [0.2, 0.25) is 5.91 Å². The van der Waals surface area contributed by atoms with Crippen LogP contribution in [0.15, 0.2) is 18.2 Å². The highest BCUT2D eigenvalue weighted by Crippen LogP contribution is 2.18. The van der Waals surface area contributed by atoms with Gasteiger partial charge in [0.25, 0.3) is 0 Å². The third kappa shape index (κ3) is 3.79. The minimum Gasteiger partial charge on any atom is -0.376 e.